The van der Waals surface area contributed by atoms with E-state index in [-0.39, 0.29) is 5.56 Å². The fourth-order valence-electron chi connectivity index (χ4n) is 2.41. The Morgan fingerprint density at radius 1 is 1.10 bits per heavy atom. The van der Waals surface area contributed by atoms with Crippen molar-refractivity contribution in [1.29, 1.82) is 0 Å². The lowest BCUT2D eigenvalue weighted by atomic mass is 10.1. The van der Waals surface area contributed by atoms with Gasteiger partial charge in [0.05, 0.1) is 18.7 Å². The molecule has 0 aliphatic heterocycles. The highest BCUT2D eigenvalue weighted by molar-refractivity contribution is 5.91. The van der Waals surface area contributed by atoms with Crippen molar-refractivity contribution in [3.05, 3.63) is 76.9 Å². The number of methoxy groups -OCH3 is 1. The molecule has 0 aliphatic rings. The molecule has 152 valence electrons. The summed E-state index contributed by atoms with van der Waals surface area (Å²) in [4.78, 5) is 34.9. The van der Waals surface area contributed by atoms with Gasteiger partial charge in [-0.1, -0.05) is 18.2 Å². The van der Waals surface area contributed by atoms with Crippen LogP contribution in [0.2, 0.25) is 0 Å². The van der Waals surface area contributed by atoms with E-state index in [1.807, 2.05) is 0 Å². The maximum atomic E-state index is 13.7. The van der Waals surface area contributed by atoms with Gasteiger partial charge in [-0.05, 0) is 36.8 Å². The number of esters is 2. The molecule has 0 fully saturated rings. The van der Waals surface area contributed by atoms with Crippen LogP contribution in [0.15, 0.2) is 48.5 Å². The van der Waals surface area contributed by atoms with Crippen LogP contribution in [-0.4, -0.2) is 31.6 Å². The monoisotopic (exact) mass is 403 g/mol. The Balaban J connectivity index is 1.82. The molecule has 2 aromatic carbocycles. The third-order valence-corrected chi connectivity index (χ3v) is 3.90. The molecule has 0 heterocycles. The highest BCUT2D eigenvalue weighted by atomic mass is 19.1. The normalized spacial score (nSPS) is 11.7. The lowest BCUT2D eigenvalue weighted by Crippen LogP contribution is -2.31. The number of nitrogens with one attached hydrogen (secondary N) is 1. The summed E-state index contributed by atoms with van der Waals surface area (Å²) in [5, 5.41) is 2.46. The molecule has 1 amide bonds. The van der Waals surface area contributed by atoms with Gasteiger partial charge < -0.3 is 14.8 Å². The largest absolute Gasteiger partial charge is 0.465 e. The van der Waals surface area contributed by atoms with Gasteiger partial charge in [-0.15, -0.1) is 0 Å². The zero-order valence-corrected chi connectivity index (χ0v) is 15.8. The molecule has 0 unspecified atom stereocenters. The van der Waals surface area contributed by atoms with Crippen LogP contribution < -0.4 is 5.32 Å². The topological polar surface area (TPSA) is 81.7 Å². The second kappa shape index (κ2) is 10.1. The lowest BCUT2D eigenvalue weighted by molar-refractivity contribution is -0.144. The minimum absolute atomic E-state index is 0.112. The van der Waals surface area contributed by atoms with Crippen LogP contribution in [0.25, 0.3) is 6.08 Å². The van der Waals surface area contributed by atoms with Gasteiger partial charge in [-0.3, -0.25) is 4.79 Å². The van der Waals surface area contributed by atoms with Gasteiger partial charge in [0.2, 0.25) is 0 Å². The first-order valence-electron chi connectivity index (χ1n) is 8.57. The number of hydrogen-bond acceptors (Lipinski definition) is 5. The number of halogens is 2. The first-order valence-corrected chi connectivity index (χ1v) is 8.57. The number of rotatable bonds is 7. The Kier molecular flexibility index (Phi) is 7.59. The SMILES string of the molecule is COC(=O)c1ccc(/C=C/C(=O)OCC(=O)N[C@H](C)c2ccc(F)cc2F)cc1. The zero-order valence-electron chi connectivity index (χ0n) is 15.8. The van der Waals surface area contributed by atoms with Crippen molar-refractivity contribution in [2.75, 3.05) is 13.7 Å². The Labute approximate surface area is 166 Å². The molecule has 0 aromatic heterocycles. The molecule has 0 bridgehead atoms. The van der Waals surface area contributed by atoms with Crippen LogP contribution in [0.4, 0.5) is 8.78 Å². The Morgan fingerprint density at radius 2 is 1.79 bits per heavy atom. The van der Waals surface area contributed by atoms with Crippen molar-refractivity contribution in [3.8, 4) is 0 Å². The maximum Gasteiger partial charge on any atom is 0.337 e. The molecule has 1 atom stereocenters. The first-order chi connectivity index (χ1) is 13.8. The fraction of sp³-hybridized carbons (Fsp3) is 0.190. The van der Waals surface area contributed by atoms with Gasteiger partial charge in [0.15, 0.2) is 6.61 Å². The number of benzene rings is 2. The summed E-state index contributed by atoms with van der Waals surface area (Å²) in [5.41, 5.74) is 1.12. The smallest absolute Gasteiger partial charge is 0.337 e. The quantitative estimate of drug-likeness (QED) is 0.567. The van der Waals surface area contributed by atoms with Crippen molar-refractivity contribution < 1.29 is 32.6 Å². The molecule has 0 saturated heterocycles. The van der Waals surface area contributed by atoms with E-state index in [9.17, 15) is 23.2 Å². The zero-order chi connectivity index (χ0) is 21.4. The summed E-state index contributed by atoms with van der Waals surface area (Å²) < 4.78 is 36.1. The van der Waals surface area contributed by atoms with Gasteiger partial charge in [-0.25, -0.2) is 18.4 Å². The number of carbonyl (C=O) groups is 3. The van der Waals surface area contributed by atoms with Gasteiger partial charge in [0.25, 0.3) is 5.91 Å². The fourth-order valence-corrected chi connectivity index (χ4v) is 2.41. The van der Waals surface area contributed by atoms with Crippen LogP contribution in [0.3, 0.4) is 0 Å². The van der Waals surface area contributed by atoms with E-state index in [2.05, 4.69) is 10.1 Å². The Morgan fingerprint density at radius 3 is 2.41 bits per heavy atom. The summed E-state index contributed by atoms with van der Waals surface area (Å²) in [6.45, 7) is 0.964. The molecular weight excluding hydrogens is 384 g/mol. The van der Waals surface area contributed by atoms with E-state index in [0.29, 0.717) is 11.1 Å². The van der Waals surface area contributed by atoms with Crippen LogP contribution in [0.5, 0.6) is 0 Å². The van der Waals surface area contributed by atoms with Crippen LogP contribution in [0.1, 0.15) is 34.5 Å². The lowest BCUT2D eigenvalue weighted by Gasteiger charge is -2.15. The van der Waals surface area contributed by atoms with Crippen molar-refractivity contribution >= 4 is 23.9 Å². The molecule has 0 saturated carbocycles. The summed E-state index contributed by atoms with van der Waals surface area (Å²) in [7, 11) is 1.28. The van der Waals surface area contributed by atoms with E-state index in [1.54, 1.807) is 24.3 Å². The van der Waals surface area contributed by atoms with E-state index < -0.39 is 42.1 Å². The van der Waals surface area contributed by atoms with Gasteiger partial charge >= 0.3 is 11.9 Å². The third-order valence-electron chi connectivity index (χ3n) is 3.90. The van der Waals surface area contributed by atoms with Crippen molar-refractivity contribution in [3.63, 3.8) is 0 Å². The minimum Gasteiger partial charge on any atom is -0.465 e. The maximum absolute atomic E-state index is 13.7. The van der Waals surface area contributed by atoms with E-state index in [4.69, 9.17) is 4.74 Å². The number of hydrogen-bond donors (Lipinski definition) is 1. The summed E-state index contributed by atoms with van der Waals surface area (Å²) in [6.07, 6.45) is 2.58. The number of amides is 1. The molecule has 0 aliphatic carbocycles. The van der Waals surface area contributed by atoms with Gasteiger partial charge in [0, 0.05) is 17.7 Å². The second-order valence-corrected chi connectivity index (χ2v) is 6.01. The molecule has 2 aromatic rings. The first kappa shape index (κ1) is 21.7. The molecule has 8 heteroatoms. The van der Waals surface area contributed by atoms with Crippen LogP contribution >= 0.6 is 0 Å². The molecule has 1 N–H and O–H groups in total. The molecule has 0 spiro atoms. The predicted octanol–water partition coefficient (Wildman–Crippen LogP) is 3.19. The number of carbonyl (C=O) groups excluding carboxylic acids is 3. The highest BCUT2D eigenvalue weighted by Crippen LogP contribution is 2.17. The minimum atomic E-state index is -0.782. The molecular formula is C21H19F2NO5. The molecule has 29 heavy (non-hydrogen) atoms. The van der Waals surface area contributed by atoms with Crippen LogP contribution in [-0.2, 0) is 19.1 Å². The van der Waals surface area contributed by atoms with Crippen molar-refractivity contribution in [2.24, 2.45) is 0 Å². The summed E-state index contributed by atoms with van der Waals surface area (Å²) in [5.74, 6) is -3.36. The second-order valence-electron chi connectivity index (χ2n) is 6.01. The van der Waals surface area contributed by atoms with Gasteiger partial charge in [-0.2, -0.15) is 0 Å². The van der Waals surface area contributed by atoms with E-state index in [1.165, 1.54) is 26.2 Å². The summed E-state index contributed by atoms with van der Waals surface area (Å²) >= 11 is 0. The Bertz CT molecular complexity index is 925. The van der Waals surface area contributed by atoms with Gasteiger partial charge in [0.1, 0.15) is 11.6 Å². The predicted molar refractivity (Wildman–Crippen MR) is 101 cm³/mol. The average molecular weight is 403 g/mol. The third kappa shape index (κ3) is 6.53. The average Bonchev–Trinajstić information content (AvgIpc) is 2.70. The van der Waals surface area contributed by atoms with E-state index in [0.717, 1.165) is 18.2 Å². The Hall–Kier alpha value is -3.55. The van der Waals surface area contributed by atoms with Crippen molar-refractivity contribution in [2.45, 2.75) is 13.0 Å². The van der Waals surface area contributed by atoms with Crippen LogP contribution in [0, 0.1) is 11.6 Å². The number of ether oxygens (including phenoxy) is 2. The molecule has 2 rings (SSSR count). The molecule has 0 radical (unpaired) electrons. The molecule has 6 nitrogen and oxygen atoms in total. The van der Waals surface area contributed by atoms with Crippen molar-refractivity contribution in [1.82, 2.24) is 5.32 Å². The van der Waals surface area contributed by atoms with E-state index >= 15 is 0 Å². The summed E-state index contributed by atoms with van der Waals surface area (Å²) in [6, 6.07) is 8.62. The highest BCUT2D eigenvalue weighted by Gasteiger charge is 2.15. The standard InChI is InChI=1S/C21H19F2NO5/c1-13(17-9-8-16(22)11-18(17)23)24-19(25)12-29-20(26)10-5-14-3-6-15(7-4-14)21(27)28-2/h3-11,13H,12H2,1-2H3,(H,24,25)/b10-5+/t13-/m1/s1.